The number of ether oxygens (including phenoxy) is 1. The van der Waals surface area contributed by atoms with Crippen molar-refractivity contribution in [1.82, 2.24) is 19.6 Å². The molecular formula is C20H18N6O2. The Morgan fingerprint density at radius 2 is 1.75 bits per heavy atom. The molecule has 0 aliphatic heterocycles. The number of carbonyl (C=O) groups is 1. The Hall–Kier alpha value is -3.94. The van der Waals surface area contributed by atoms with Crippen LogP contribution in [-0.4, -0.2) is 32.6 Å². The predicted octanol–water partition coefficient (Wildman–Crippen LogP) is 3.44. The number of methoxy groups -OCH3 is 1. The molecule has 4 rings (SSSR count). The fourth-order valence-electron chi connectivity index (χ4n) is 2.75. The quantitative estimate of drug-likeness (QED) is 0.556. The van der Waals surface area contributed by atoms with Gasteiger partial charge in [-0.2, -0.15) is 14.6 Å². The van der Waals surface area contributed by atoms with Crippen LogP contribution in [-0.2, 0) is 0 Å². The normalized spacial score (nSPS) is 10.6. The molecule has 140 valence electrons. The summed E-state index contributed by atoms with van der Waals surface area (Å²) in [5, 5.41) is 10.3. The third-order valence-corrected chi connectivity index (χ3v) is 4.15. The maximum absolute atomic E-state index is 12.4. The number of hydrogen-bond acceptors (Lipinski definition) is 6. The third kappa shape index (κ3) is 3.61. The lowest BCUT2D eigenvalue weighted by Gasteiger charge is -2.10. The van der Waals surface area contributed by atoms with Gasteiger partial charge in [0.25, 0.3) is 11.7 Å². The minimum absolute atomic E-state index is 0.185. The Kier molecular flexibility index (Phi) is 4.59. The van der Waals surface area contributed by atoms with Crippen LogP contribution in [0.1, 0.15) is 16.1 Å². The molecule has 2 heterocycles. The summed E-state index contributed by atoms with van der Waals surface area (Å²) < 4.78 is 6.74. The lowest BCUT2D eigenvalue weighted by molar-refractivity contribution is 0.102. The van der Waals surface area contributed by atoms with Crippen LogP contribution in [0.3, 0.4) is 0 Å². The molecule has 8 heteroatoms. The van der Waals surface area contributed by atoms with Crippen LogP contribution in [0.4, 0.5) is 17.2 Å². The van der Waals surface area contributed by atoms with E-state index in [9.17, 15) is 4.79 Å². The van der Waals surface area contributed by atoms with Gasteiger partial charge < -0.3 is 15.4 Å². The van der Waals surface area contributed by atoms with Crippen molar-refractivity contribution in [2.24, 2.45) is 0 Å². The topological polar surface area (TPSA) is 93.4 Å². The monoisotopic (exact) mass is 374 g/mol. The average molecular weight is 374 g/mol. The molecule has 2 aromatic heterocycles. The highest BCUT2D eigenvalue weighted by Gasteiger charge is 2.08. The van der Waals surface area contributed by atoms with Crippen LogP contribution in [0, 0.1) is 6.92 Å². The number of fused-ring (bicyclic) bond motifs is 1. The Bertz CT molecular complexity index is 1120. The minimum atomic E-state index is -0.185. The smallest absolute Gasteiger partial charge is 0.255 e. The number of benzene rings is 2. The zero-order chi connectivity index (χ0) is 19.5. The second-order valence-electron chi connectivity index (χ2n) is 6.14. The van der Waals surface area contributed by atoms with Crippen LogP contribution >= 0.6 is 0 Å². The highest BCUT2D eigenvalue weighted by Crippen LogP contribution is 2.19. The Morgan fingerprint density at radius 1 is 1.04 bits per heavy atom. The van der Waals surface area contributed by atoms with E-state index in [-0.39, 0.29) is 5.91 Å². The van der Waals surface area contributed by atoms with Gasteiger partial charge >= 0.3 is 0 Å². The van der Waals surface area contributed by atoms with Crippen molar-refractivity contribution in [1.29, 1.82) is 0 Å². The van der Waals surface area contributed by atoms with Crippen molar-refractivity contribution in [2.75, 3.05) is 17.7 Å². The zero-order valence-electron chi connectivity index (χ0n) is 15.4. The molecule has 0 aliphatic carbocycles. The molecule has 2 aromatic carbocycles. The van der Waals surface area contributed by atoms with E-state index in [1.54, 1.807) is 48.0 Å². The Balaban J connectivity index is 1.48. The highest BCUT2D eigenvalue weighted by molar-refractivity contribution is 6.04. The molecule has 0 saturated heterocycles. The van der Waals surface area contributed by atoms with Gasteiger partial charge in [0.15, 0.2) is 0 Å². The summed E-state index contributed by atoms with van der Waals surface area (Å²) in [6.45, 7) is 1.90. The molecule has 0 bridgehead atoms. The number of aromatic nitrogens is 4. The summed E-state index contributed by atoms with van der Waals surface area (Å²) >= 11 is 0. The maximum atomic E-state index is 12.4. The van der Waals surface area contributed by atoms with Crippen LogP contribution in [0.25, 0.3) is 5.78 Å². The average Bonchev–Trinajstić information content (AvgIpc) is 3.17. The molecule has 28 heavy (non-hydrogen) atoms. The maximum Gasteiger partial charge on any atom is 0.255 e. The van der Waals surface area contributed by atoms with E-state index in [1.807, 2.05) is 25.1 Å². The van der Waals surface area contributed by atoms with Gasteiger partial charge in [-0.05, 0) is 55.5 Å². The van der Waals surface area contributed by atoms with E-state index in [0.717, 1.165) is 22.9 Å². The molecule has 0 unspecified atom stereocenters. The van der Waals surface area contributed by atoms with Crippen molar-refractivity contribution in [3.8, 4) is 5.75 Å². The second kappa shape index (κ2) is 7.36. The largest absolute Gasteiger partial charge is 0.497 e. The van der Waals surface area contributed by atoms with E-state index in [1.165, 1.54) is 6.33 Å². The lowest BCUT2D eigenvalue weighted by Crippen LogP contribution is -2.11. The summed E-state index contributed by atoms with van der Waals surface area (Å²) in [5.41, 5.74) is 2.91. The van der Waals surface area contributed by atoms with Crippen molar-refractivity contribution < 1.29 is 9.53 Å². The van der Waals surface area contributed by atoms with E-state index in [0.29, 0.717) is 17.0 Å². The number of hydrogen-bond donors (Lipinski definition) is 2. The minimum Gasteiger partial charge on any atom is -0.497 e. The lowest BCUT2D eigenvalue weighted by atomic mass is 10.2. The molecule has 0 aliphatic rings. The standard InChI is InChI=1S/C20H18N6O2/c1-13-11-18(26-20(23-13)21-12-22-26)24-15-5-3-14(4-6-15)19(27)25-16-7-9-17(28-2)10-8-16/h3-12,24H,1-2H3,(H,25,27). The summed E-state index contributed by atoms with van der Waals surface area (Å²) in [4.78, 5) is 20.9. The first-order valence-corrected chi connectivity index (χ1v) is 8.62. The van der Waals surface area contributed by atoms with Crippen LogP contribution in [0.5, 0.6) is 5.75 Å². The van der Waals surface area contributed by atoms with Crippen LogP contribution < -0.4 is 15.4 Å². The first-order chi connectivity index (χ1) is 13.6. The van der Waals surface area contributed by atoms with Gasteiger partial charge in [-0.1, -0.05) is 0 Å². The van der Waals surface area contributed by atoms with Crippen molar-refractivity contribution >= 4 is 28.9 Å². The molecule has 0 atom stereocenters. The van der Waals surface area contributed by atoms with Crippen LogP contribution in [0.2, 0.25) is 0 Å². The van der Waals surface area contributed by atoms with Gasteiger partial charge in [0.2, 0.25) is 0 Å². The molecule has 2 N–H and O–H groups in total. The molecule has 0 spiro atoms. The van der Waals surface area contributed by atoms with Crippen molar-refractivity contribution in [2.45, 2.75) is 6.92 Å². The van der Waals surface area contributed by atoms with Gasteiger partial charge in [-0.25, -0.2) is 4.98 Å². The zero-order valence-corrected chi connectivity index (χ0v) is 15.4. The number of amides is 1. The SMILES string of the molecule is COc1ccc(NC(=O)c2ccc(Nc3cc(C)nc4ncnn34)cc2)cc1. The number of aryl methyl sites for hydroxylation is 1. The summed E-state index contributed by atoms with van der Waals surface area (Å²) in [5.74, 6) is 1.82. The molecule has 0 fully saturated rings. The fraction of sp³-hybridized carbons (Fsp3) is 0.100. The summed E-state index contributed by atoms with van der Waals surface area (Å²) in [7, 11) is 1.60. The molecule has 8 nitrogen and oxygen atoms in total. The number of anilines is 3. The third-order valence-electron chi connectivity index (χ3n) is 4.15. The van der Waals surface area contributed by atoms with Gasteiger partial charge in [-0.3, -0.25) is 4.79 Å². The van der Waals surface area contributed by atoms with E-state index in [2.05, 4.69) is 25.7 Å². The summed E-state index contributed by atoms with van der Waals surface area (Å²) in [6, 6.07) is 16.2. The molecular weight excluding hydrogens is 356 g/mol. The number of nitrogens with one attached hydrogen (secondary N) is 2. The van der Waals surface area contributed by atoms with Crippen molar-refractivity contribution in [3.05, 3.63) is 72.2 Å². The Labute approximate surface area is 161 Å². The molecule has 1 amide bonds. The van der Waals surface area contributed by atoms with E-state index < -0.39 is 0 Å². The molecule has 0 saturated carbocycles. The van der Waals surface area contributed by atoms with Crippen molar-refractivity contribution in [3.63, 3.8) is 0 Å². The number of carbonyl (C=O) groups excluding carboxylic acids is 1. The fourth-order valence-corrected chi connectivity index (χ4v) is 2.75. The van der Waals surface area contributed by atoms with Gasteiger partial charge in [-0.15, -0.1) is 0 Å². The van der Waals surface area contributed by atoms with Gasteiger partial charge in [0.05, 0.1) is 7.11 Å². The van der Waals surface area contributed by atoms with Crippen LogP contribution in [0.15, 0.2) is 60.9 Å². The summed E-state index contributed by atoms with van der Waals surface area (Å²) in [6.07, 6.45) is 1.46. The van der Waals surface area contributed by atoms with E-state index >= 15 is 0 Å². The van der Waals surface area contributed by atoms with E-state index in [4.69, 9.17) is 4.74 Å². The number of rotatable bonds is 5. The number of nitrogens with zero attached hydrogens (tertiary/aromatic N) is 4. The highest BCUT2D eigenvalue weighted by atomic mass is 16.5. The first-order valence-electron chi connectivity index (χ1n) is 8.62. The second-order valence-corrected chi connectivity index (χ2v) is 6.14. The Morgan fingerprint density at radius 3 is 2.46 bits per heavy atom. The van der Waals surface area contributed by atoms with Gasteiger partial charge in [0.1, 0.15) is 17.9 Å². The molecule has 4 aromatic rings. The predicted molar refractivity (Wildman–Crippen MR) is 106 cm³/mol. The van der Waals surface area contributed by atoms with Gasteiger partial charge in [0, 0.05) is 28.7 Å². The molecule has 0 radical (unpaired) electrons. The first kappa shape index (κ1) is 17.5.